The van der Waals surface area contributed by atoms with Crippen LogP contribution < -0.4 is 9.47 Å². The molecule has 106 valence electrons. The Labute approximate surface area is 119 Å². The molecule has 4 unspecified atom stereocenters. The number of rotatable bonds is 4. The molecule has 1 aromatic rings. The molecule has 4 atom stereocenters. The number of carbonyl (C=O) groups excluding carboxylic acids is 1. The summed E-state index contributed by atoms with van der Waals surface area (Å²) < 4.78 is 10.5. The van der Waals surface area contributed by atoms with Gasteiger partial charge < -0.3 is 9.47 Å². The van der Waals surface area contributed by atoms with Crippen LogP contribution in [-0.2, 0) is 0 Å². The molecule has 0 aliphatic heterocycles. The van der Waals surface area contributed by atoms with E-state index in [1.54, 1.807) is 14.2 Å². The largest absolute Gasteiger partial charge is 0.497 e. The van der Waals surface area contributed by atoms with Crippen LogP contribution in [0.1, 0.15) is 29.6 Å². The van der Waals surface area contributed by atoms with Gasteiger partial charge in [0.05, 0.1) is 14.2 Å². The standard InChI is InChI=1S/C17H20O3/c1-19-12-6-11(7-13(8-12)20-2)17(18)16-14-9-3-4-10(5-9)15(14)16/h6-10,14-16H,3-5H2,1-2H3. The van der Waals surface area contributed by atoms with Gasteiger partial charge in [-0.25, -0.2) is 0 Å². The molecule has 3 aliphatic carbocycles. The number of benzene rings is 1. The van der Waals surface area contributed by atoms with E-state index in [4.69, 9.17) is 9.47 Å². The lowest BCUT2D eigenvalue weighted by Gasteiger charge is -2.10. The van der Waals surface area contributed by atoms with Crippen LogP contribution in [0.5, 0.6) is 11.5 Å². The number of fused-ring (bicyclic) bond motifs is 5. The molecule has 20 heavy (non-hydrogen) atoms. The van der Waals surface area contributed by atoms with Crippen molar-refractivity contribution < 1.29 is 14.3 Å². The third kappa shape index (κ3) is 1.62. The van der Waals surface area contributed by atoms with Crippen molar-refractivity contribution in [3.63, 3.8) is 0 Å². The molecule has 0 N–H and O–H groups in total. The second-order valence-electron chi connectivity index (χ2n) is 6.48. The summed E-state index contributed by atoms with van der Waals surface area (Å²) in [5.74, 6) is 4.98. The normalized spacial score (nSPS) is 36.6. The van der Waals surface area contributed by atoms with Crippen molar-refractivity contribution in [3.05, 3.63) is 23.8 Å². The number of ketones is 1. The summed E-state index contributed by atoms with van der Waals surface area (Å²) >= 11 is 0. The lowest BCUT2D eigenvalue weighted by Crippen LogP contribution is -2.10. The van der Waals surface area contributed by atoms with Gasteiger partial charge in [-0.2, -0.15) is 0 Å². The highest BCUT2D eigenvalue weighted by Gasteiger charge is 2.67. The topological polar surface area (TPSA) is 35.5 Å². The predicted molar refractivity (Wildman–Crippen MR) is 75.2 cm³/mol. The van der Waals surface area contributed by atoms with Crippen LogP contribution in [0.2, 0.25) is 0 Å². The second kappa shape index (κ2) is 4.24. The highest BCUT2D eigenvalue weighted by molar-refractivity contribution is 6.01. The summed E-state index contributed by atoms with van der Waals surface area (Å²) in [6, 6.07) is 5.51. The molecule has 2 bridgehead atoms. The van der Waals surface area contributed by atoms with Crippen molar-refractivity contribution in [1.29, 1.82) is 0 Å². The van der Waals surface area contributed by atoms with Crippen LogP contribution >= 0.6 is 0 Å². The quantitative estimate of drug-likeness (QED) is 0.790. The first-order valence-electron chi connectivity index (χ1n) is 7.50. The Kier molecular flexibility index (Phi) is 2.60. The van der Waals surface area contributed by atoms with E-state index in [0.717, 1.165) is 17.4 Å². The predicted octanol–water partition coefficient (Wildman–Crippen LogP) is 3.18. The summed E-state index contributed by atoms with van der Waals surface area (Å²) in [4.78, 5) is 12.8. The number of methoxy groups -OCH3 is 2. The molecule has 0 radical (unpaired) electrons. The van der Waals surface area contributed by atoms with E-state index in [1.165, 1.54) is 19.3 Å². The van der Waals surface area contributed by atoms with E-state index < -0.39 is 0 Å². The van der Waals surface area contributed by atoms with Crippen molar-refractivity contribution in [3.8, 4) is 11.5 Å². The van der Waals surface area contributed by atoms with Gasteiger partial charge in [0, 0.05) is 17.5 Å². The average molecular weight is 272 g/mol. The summed E-state index contributed by atoms with van der Waals surface area (Å²) in [5.41, 5.74) is 0.750. The maximum atomic E-state index is 12.8. The van der Waals surface area contributed by atoms with Crippen LogP contribution in [0.15, 0.2) is 18.2 Å². The van der Waals surface area contributed by atoms with Crippen LogP contribution in [0.4, 0.5) is 0 Å². The van der Waals surface area contributed by atoms with Crippen molar-refractivity contribution in [2.75, 3.05) is 14.2 Å². The second-order valence-corrected chi connectivity index (χ2v) is 6.48. The fourth-order valence-electron chi connectivity index (χ4n) is 4.82. The average Bonchev–Trinajstić information content (AvgIpc) is 2.92. The zero-order chi connectivity index (χ0) is 13.9. The van der Waals surface area contributed by atoms with Gasteiger partial charge in [0.15, 0.2) is 5.78 Å². The maximum absolute atomic E-state index is 12.8. The molecule has 3 saturated carbocycles. The van der Waals surface area contributed by atoms with Gasteiger partial charge >= 0.3 is 0 Å². The molecule has 0 spiro atoms. The summed E-state index contributed by atoms with van der Waals surface area (Å²) in [5, 5.41) is 0. The Morgan fingerprint density at radius 3 is 2.05 bits per heavy atom. The molecule has 3 aliphatic rings. The molecule has 1 aromatic carbocycles. The monoisotopic (exact) mass is 272 g/mol. The number of Topliss-reactive ketones (excluding diaryl/α,β-unsaturated/α-hetero) is 1. The lowest BCUT2D eigenvalue weighted by atomic mass is 9.96. The molecular formula is C17H20O3. The summed E-state index contributed by atoms with van der Waals surface area (Å²) in [6.07, 6.45) is 4.06. The lowest BCUT2D eigenvalue weighted by molar-refractivity contribution is 0.0944. The zero-order valence-electron chi connectivity index (χ0n) is 12.0. The van der Waals surface area contributed by atoms with Gasteiger partial charge in [0.25, 0.3) is 0 Å². The highest BCUT2D eigenvalue weighted by Crippen LogP contribution is 2.70. The first-order chi connectivity index (χ1) is 9.72. The van der Waals surface area contributed by atoms with E-state index in [9.17, 15) is 4.79 Å². The van der Waals surface area contributed by atoms with Crippen LogP contribution in [-0.4, -0.2) is 20.0 Å². The maximum Gasteiger partial charge on any atom is 0.166 e. The minimum Gasteiger partial charge on any atom is -0.497 e. The molecule has 0 heterocycles. The zero-order valence-corrected chi connectivity index (χ0v) is 12.0. The number of hydrogen-bond donors (Lipinski definition) is 0. The van der Waals surface area contributed by atoms with E-state index in [-0.39, 0.29) is 5.92 Å². The van der Waals surface area contributed by atoms with E-state index in [2.05, 4.69) is 0 Å². The third-order valence-corrected chi connectivity index (χ3v) is 5.67. The Morgan fingerprint density at radius 2 is 1.55 bits per heavy atom. The number of ether oxygens (including phenoxy) is 2. The fourth-order valence-corrected chi connectivity index (χ4v) is 4.82. The molecule has 0 amide bonds. The first-order valence-corrected chi connectivity index (χ1v) is 7.50. The molecule has 4 rings (SSSR count). The Morgan fingerprint density at radius 1 is 1.00 bits per heavy atom. The van der Waals surface area contributed by atoms with Gasteiger partial charge in [-0.1, -0.05) is 0 Å². The Hall–Kier alpha value is -1.51. The number of hydrogen-bond acceptors (Lipinski definition) is 3. The van der Waals surface area contributed by atoms with Gasteiger partial charge in [-0.15, -0.1) is 0 Å². The molecule has 0 saturated heterocycles. The molecule has 0 aromatic heterocycles. The van der Waals surface area contributed by atoms with E-state index in [1.807, 2.05) is 18.2 Å². The van der Waals surface area contributed by atoms with Gasteiger partial charge in [0.1, 0.15) is 11.5 Å². The minimum absolute atomic E-state index is 0.276. The van der Waals surface area contributed by atoms with Gasteiger partial charge in [-0.05, 0) is 55.1 Å². The molecular weight excluding hydrogens is 252 g/mol. The smallest absolute Gasteiger partial charge is 0.166 e. The molecule has 3 nitrogen and oxygen atoms in total. The van der Waals surface area contributed by atoms with Crippen molar-refractivity contribution in [1.82, 2.24) is 0 Å². The number of carbonyl (C=O) groups is 1. The summed E-state index contributed by atoms with van der Waals surface area (Å²) in [6.45, 7) is 0. The van der Waals surface area contributed by atoms with Gasteiger partial charge in [0.2, 0.25) is 0 Å². The van der Waals surface area contributed by atoms with E-state index in [0.29, 0.717) is 29.1 Å². The SMILES string of the molecule is COc1cc(OC)cc(C(=O)C2C3C4CCC(C4)C23)c1. The van der Waals surface area contributed by atoms with Crippen LogP contribution in [0.25, 0.3) is 0 Å². The Balaban J connectivity index is 1.61. The van der Waals surface area contributed by atoms with Gasteiger partial charge in [-0.3, -0.25) is 4.79 Å². The van der Waals surface area contributed by atoms with Crippen LogP contribution in [0.3, 0.4) is 0 Å². The first kappa shape index (κ1) is 12.2. The summed E-state index contributed by atoms with van der Waals surface area (Å²) in [7, 11) is 3.24. The minimum atomic E-state index is 0.276. The molecule has 3 heteroatoms. The van der Waals surface area contributed by atoms with Crippen molar-refractivity contribution in [2.24, 2.45) is 29.6 Å². The molecule has 3 fully saturated rings. The van der Waals surface area contributed by atoms with Crippen molar-refractivity contribution >= 4 is 5.78 Å². The Bertz CT molecular complexity index is 527. The van der Waals surface area contributed by atoms with E-state index >= 15 is 0 Å². The third-order valence-electron chi connectivity index (χ3n) is 5.67. The van der Waals surface area contributed by atoms with Crippen molar-refractivity contribution in [2.45, 2.75) is 19.3 Å². The highest BCUT2D eigenvalue weighted by atomic mass is 16.5. The van der Waals surface area contributed by atoms with Crippen LogP contribution in [0, 0.1) is 29.6 Å². The fraction of sp³-hybridized carbons (Fsp3) is 0.588.